The molecule has 1 amide bonds. The van der Waals surface area contributed by atoms with E-state index in [1.165, 1.54) is 19.3 Å². The van der Waals surface area contributed by atoms with Crippen LogP contribution in [0.3, 0.4) is 0 Å². The van der Waals surface area contributed by atoms with E-state index >= 15 is 0 Å². The molecule has 0 aromatic heterocycles. The van der Waals surface area contributed by atoms with Crippen molar-refractivity contribution in [2.24, 2.45) is 0 Å². The van der Waals surface area contributed by atoms with Gasteiger partial charge in [-0.2, -0.15) is 0 Å². The van der Waals surface area contributed by atoms with Gasteiger partial charge in [0, 0.05) is 19.2 Å². The molecule has 5 heteroatoms. The summed E-state index contributed by atoms with van der Waals surface area (Å²) in [6.07, 6.45) is 8.10. The molecule has 0 radical (unpaired) electrons. The number of benzene rings is 1. The Kier molecular flexibility index (Phi) is 8.32. The summed E-state index contributed by atoms with van der Waals surface area (Å²) in [6, 6.07) is 5.73. The van der Waals surface area contributed by atoms with Gasteiger partial charge in [0.1, 0.15) is 0 Å². The van der Waals surface area contributed by atoms with Crippen LogP contribution in [0.4, 0.5) is 0 Å². The fraction of sp³-hybridized carbons (Fsp3) is 0.550. The molecular formula is C20H29NO4. The third-order valence-corrected chi connectivity index (χ3v) is 4.18. The monoisotopic (exact) mass is 347 g/mol. The zero-order chi connectivity index (χ0) is 17.9. The molecule has 2 rings (SSSR count). The van der Waals surface area contributed by atoms with E-state index < -0.39 is 0 Å². The molecule has 1 aliphatic heterocycles. The molecule has 0 unspecified atom stereocenters. The summed E-state index contributed by atoms with van der Waals surface area (Å²) >= 11 is 0. The van der Waals surface area contributed by atoms with Crippen LogP contribution in [0.5, 0.6) is 11.5 Å². The van der Waals surface area contributed by atoms with E-state index in [1.807, 2.05) is 24.3 Å². The first-order valence-electron chi connectivity index (χ1n) is 9.10. The highest BCUT2D eigenvalue weighted by molar-refractivity contribution is 5.91. The van der Waals surface area contributed by atoms with Gasteiger partial charge in [-0.05, 0) is 30.2 Å². The fourth-order valence-electron chi connectivity index (χ4n) is 2.67. The van der Waals surface area contributed by atoms with Crippen molar-refractivity contribution >= 4 is 12.0 Å². The Morgan fingerprint density at radius 3 is 2.72 bits per heavy atom. The molecule has 1 aromatic rings. The van der Waals surface area contributed by atoms with Crippen molar-refractivity contribution in [1.82, 2.24) is 4.90 Å². The Bertz CT molecular complexity index is 565. The number of ether oxygens (including phenoxy) is 3. The lowest BCUT2D eigenvalue weighted by molar-refractivity contribution is -0.129. The molecule has 25 heavy (non-hydrogen) atoms. The van der Waals surface area contributed by atoms with E-state index in [0.717, 1.165) is 17.7 Å². The molecule has 1 fully saturated rings. The molecule has 0 aliphatic carbocycles. The van der Waals surface area contributed by atoms with E-state index in [9.17, 15) is 4.79 Å². The van der Waals surface area contributed by atoms with Gasteiger partial charge in [0.2, 0.25) is 5.91 Å². The zero-order valence-corrected chi connectivity index (χ0v) is 15.3. The molecule has 1 saturated heterocycles. The summed E-state index contributed by atoms with van der Waals surface area (Å²) in [5.74, 6) is 1.45. The molecule has 138 valence electrons. The van der Waals surface area contributed by atoms with Crippen molar-refractivity contribution in [3.8, 4) is 11.5 Å². The van der Waals surface area contributed by atoms with Gasteiger partial charge in [-0.25, -0.2) is 0 Å². The number of amides is 1. The van der Waals surface area contributed by atoms with Crippen molar-refractivity contribution in [3.63, 3.8) is 0 Å². The highest BCUT2D eigenvalue weighted by Gasteiger charge is 2.14. The van der Waals surface area contributed by atoms with Crippen LogP contribution in [-0.2, 0) is 9.53 Å². The molecule has 0 bridgehead atoms. The van der Waals surface area contributed by atoms with Crippen molar-refractivity contribution < 1.29 is 19.0 Å². The van der Waals surface area contributed by atoms with Crippen LogP contribution >= 0.6 is 0 Å². The van der Waals surface area contributed by atoms with E-state index in [4.69, 9.17) is 14.2 Å². The summed E-state index contributed by atoms with van der Waals surface area (Å²) in [7, 11) is 1.63. The van der Waals surface area contributed by atoms with Crippen molar-refractivity contribution in [3.05, 3.63) is 29.8 Å². The first-order valence-corrected chi connectivity index (χ1v) is 9.10. The predicted molar refractivity (Wildman–Crippen MR) is 99.1 cm³/mol. The average Bonchev–Trinajstić information content (AvgIpc) is 2.67. The molecule has 5 nitrogen and oxygen atoms in total. The highest BCUT2D eigenvalue weighted by atomic mass is 16.5. The lowest BCUT2D eigenvalue weighted by Crippen LogP contribution is -2.39. The quantitative estimate of drug-likeness (QED) is 0.506. The number of morpholine rings is 1. The summed E-state index contributed by atoms with van der Waals surface area (Å²) in [5, 5.41) is 0. The van der Waals surface area contributed by atoms with Gasteiger partial charge in [0.05, 0.1) is 26.9 Å². The number of nitrogens with zero attached hydrogens (tertiary/aromatic N) is 1. The average molecular weight is 347 g/mol. The number of rotatable bonds is 9. The topological polar surface area (TPSA) is 48.0 Å². The van der Waals surface area contributed by atoms with E-state index in [1.54, 1.807) is 18.1 Å². The van der Waals surface area contributed by atoms with Gasteiger partial charge in [-0.1, -0.05) is 32.3 Å². The fourth-order valence-corrected chi connectivity index (χ4v) is 2.67. The summed E-state index contributed by atoms with van der Waals surface area (Å²) in [5.41, 5.74) is 0.914. The number of carbonyl (C=O) groups excluding carboxylic acids is 1. The minimum atomic E-state index is 0.0125. The second-order valence-corrected chi connectivity index (χ2v) is 6.09. The molecule has 1 heterocycles. The Morgan fingerprint density at radius 2 is 2.00 bits per heavy atom. The smallest absolute Gasteiger partial charge is 0.246 e. The van der Waals surface area contributed by atoms with Crippen LogP contribution in [0.2, 0.25) is 0 Å². The SMILES string of the molecule is CCCCCCOc1ccc(C=CC(=O)N2CCOCC2)cc1OC. The summed E-state index contributed by atoms with van der Waals surface area (Å²) in [4.78, 5) is 13.9. The minimum absolute atomic E-state index is 0.0125. The molecule has 1 aliphatic rings. The maximum atomic E-state index is 12.1. The van der Waals surface area contributed by atoms with Crippen LogP contribution in [0, 0.1) is 0 Å². The maximum absolute atomic E-state index is 12.1. The van der Waals surface area contributed by atoms with E-state index in [-0.39, 0.29) is 5.91 Å². The Labute approximate surface area is 150 Å². The van der Waals surface area contributed by atoms with Crippen molar-refractivity contribution in [1.29, 1.82) is 0 Å². The predicted octanol–water partition coefficient (Wildman–Crippen LogP) is 3.53. The van der Waals surface area contributed by atoms with Crippen LogP contribution in [0.25, 0.3) is 6.08 Å². The lowest BCUT2D eigenvalue weighted by atomic mass is 10.1. The molecule has 0 atom stereocenters. The molecule has 0 spiro atoms. The van der Waals surface area contributed by atoms with E-state index in [0.29, 0.717) is 38.7 Å². The third kappa shape index (κ3) is 6.42. The number of hydrogen-bond acceptors (Lipinski definition) is 4. The second-order valence-electron chi connectivity index (χ2n) is 6.09. The van der Waals surface area contributed by atoms with E-state index in [2.05, 4.69) is 6.92 Å². The number of hydrogen-bond donors (Lipinski definition) is 0. The van der Waals surface area contributed by atoms with Gasteiger partial charge in [-0.3, -0.25) is 4.79 Å². The van der Waals surface area contributed by atoms with Gasteiger partial charge < -0.3 is 19.1 Å². The molecule has 0 N–H and O–H groups in total. The van der Waals surface area contributed by atoms with Gasteiger partial charge >= 0.3 is 0 Å². The first kappa shape index (κ1) is 19.3. The Hall–Kier alpha value is -2.01. The van der Waals surface area contributed by atoms with Crippen LogP contribution in [0.15, 0.2) is 24.3 Å². The maximum Gasteiger partial charge on any atom is 0.246 e. The van der Waals surface area contributed by atoms with Crippen molar-refractivity contribution in [2.45, 2.75) is 32.6 Å². The van der Waals surface area contributed by atoms with Crippen molar-refractivity contribution in [2.75, 3.05) is 40.0 Å². The van der Waals surface area contributed by atoms with Gasteiger partial charge in [0.25, 0.3) is 0 Å². The number of methoxy groups -OCH3 is 1. The Morgan fingerprint density at radius 1 is 1.20 bits per heavy atom. The second kappa shape index (κ2) is 10.8. The van der Waals surface area contributed by atoms with Crippen LogP contribution < -0.4 is 9.47 Å². The van der Waals surface area contributed by atoms with Crippen LogP contribution in [-0.4, -0.2) is 50.8 Å². The first-order chi connectivity index (χ1) is 12.2. The number of carbonyl (C=O) groups is 1. The standard InChI is InChI=1S/C20H29NO4/c1-3-4-5-6-13-25-18-9-7-17(16-19(18)23-2)8-10-20(22)21-11-14-24-15-12-21/h7-10,16H,3-6,11-15H2,1-2H3. The zero-order valence-electron chi connectivity index (χ0n) is 15.3. The number of unbranched alkanes of at least 4 members (excludes halogenated alkanes) is 3. The van der Waals surface area contributed by atoms with Gasteiger partial charge in [-0.15, -0.1) is 0 Å². The normalized spacial score (nSPS) is 14.7. The van der Waals surface area contributed by atoms with Crippen LogP contribution in [0.1, 0.15) is 38.2 Å². The summed E-state index contributed by atoms with van der Waals surface area (Å²) < 4.78 is 16.5. The lowest BCUT2D eigenvalue weighted by Gasteiger charge is -2.25. The third-order valence-electron chi connectivity index (χ3n) is 4.18. The molecule has 1 aromatic carbocycles. The largest absolute Gasteiger partial charge is 0.493 e. The summed E-state index contributed by atoms with van der Waals surface area (Å²) in [6.45, 7) is 5.41. The molecular weight excluding hydrogens is 318 g/mol. The minimum Gasteiger partial charge on any atom is -0.493 e. The highest BCUT2D eigenvalue weighted by Crippen LogP contribution is 2.28. The Balaban J connectivity index is 1.90. The van der Waals surface area contributed by atoms with Gasteiger partial charge in [0.15, 0.2) is 11.5 Å². The molecule has 0 saturated carbocycles.